The van der Waals surface area contributed by atoms with Crippen molar-refractivity contribution in [2.75, 3.05) is 0 Å². The van der Waals surface area contributed by atoms with Gasteiger partial charge in [0.15, 0.2) is 0 Å². The standard InChI is InChI=1S/C13H11NO2/c15-14(16)13-9-7-12(8-10-13)6-5-11-3-1-2-4-11/h1-5,7-10H,6H2. The summed E-state index contributed by atoms with van der Waals surface area (Å²) in [5, 5.41) is 10.5. The number of allylic oxidation sites excluding steroid dienone is 6. The molecule has 0 heterocycles. The van der Waals surface area contributed by atoms with E-state index in [1.54, 1.807) is 12.1 Å². The molecule has 0 unspecified atom stereocenters. The van der Waals surface area contributed by atoms with Crippen molar-refractivity contribution in [3.05, 3.63) is 75.9 Å². The van der Waals surface area contributed by atoms with Crippen LogP contribution in [-0.2, 0) is 6.42 Å². The number of rotatable bonds is 3. The normalized spacial score (nSPS) is 13.1. The van der Waals surface area contributed by atoms with Crippen molar-refractivity contribution in [1.29, 1.82) is 0 Å². The average Bonchev–Trinajstić information content (AvgIpc) is 2.80. The predicted octanol–water partition coefficient (Wildman–Crippen LogP) is 3.19. The van der Waals surface area contributed by atoms with Crippen molar-refractivity contribution >= 4 is 5.69 Å². The van der Waals surface area contributed by atoms with Gasteiger partial charge in [-0.3, -0.25) is 10.1 Å². The van der Waals surface area contributed by atoms with Crippen LogP contribution in [0, 0.1) is 10.1 Å². The summed E-state index contributed by atoms with van der Waals surface area (Å²) in [5.74, 6) is 0. The fourth-order valence-electron chi connectivity index (χ4n) is 1.51. The summed E-state index contributed by atoms with van der Waals surface area (Å²) in [6.07, 6.45) is 10.9. The zero-order chi connectivity index (χ0) is 11.4. The van der Waals surface area contributed by atoms with Crippen LogP contribution in [0.25, 0.3) is 0 Å². The highest BCUT2D eigenvalue weighted by Gasteiger charge is 2.02. The summed E-state index contributed by atoms with van der Waals surface area (Å²) in [7, 11) is 0. The third kappa shape index (κ3) is 2.45. The smallest absolute Gasteiger partial charge is 0.258 e. The second-order valence-corrected chi connectivity index (χ2v) is 3.55. The molecule has 1 aromatic carbocycles. The molecule has 0 atom stereocenters. The van der Waals surface area contributed by atoms with Crippen LogP contribution in [0.4, 0.5) is 5.69 Å². The van der Waals surface area contributed by atoms with Crippen molar-refractivity contribution in [3.8, 4) is 0 Å². The largest absolute Gasteiger partial charge is 0.269 e. The minimum Gasteiger partial charge on any atom is -0.258 e. The van der Waals surface area contributed by atoms with Gasteiger partial charge in [-0.25, -0.2) is 0 Å². The third-order valence-corrected chi connectivity index (χ3v) is 2.41. The van der Waals surface area contributed by atoms with E-state index in [0.717, 1.165) is 12.0 Å². The summed E-state index contributed by atoms with van der Waals surface area (Å²) < 4.78 is 0. The summed E-state index contributed by atoms with van der Waals surface area (Å²) in [6, 6.07) is 6.65. The second kappa shape index (κ2) is 4.57. The Morgan fingerprint density at radius 2 is 1.75 bits per heavy atom. The van der Waals surface area contributed by atoms with Gasteiger partial charge in [0, 0.05) is 12.1 Å². The van der Waals surface area contributed by atoms with Gasteiger partial charge in [-0.15, -0.1) is 0 Å². The highest BCUT2D eigenvalue weighted by atomic mass is 16.6. The number of hydrogen-bond acceptors (Lipinski definition) is 2. The van der Waals surface area contributed by atoms with Gasteiger partial charge in [-0.05, 0) is 17.6 Å². The molecule has 16 heavy (non-hydrogen) atoms. The quantitative estimate of drug-likeness (QED) is 0.571. The molecule has 0 aromatic heterocycles. The summed E-state index contributed by atoms with van der Waals surface area (Å²) in [5.41, 5.74) is 2.39. The predicted molar refractivity (Wildman–Crippen MR) is 63.2 cm³/mol. The first-order chi connectivity index (χ1) is 7.75. The van der Waals surface area contributed by atoms with Crippen LogP contribution in [0.15, 0.2) is 60.2 Å². The molecule has 0 fully saturated rings. The lowest BCUT2D eigenvalue weighted by atomic mass is 10.1. The molecule has 3 heteroatoms. The van der Waals surface area contributed by atoms with Crippen molar-refractivity contribution < 1.29 is 4.92 Å². The Balaban J connectivity index is 2.05. The lowest BCUT2D eigenvalue weighted by Crippen LogP contribution is -1.88. The maximum absolute atomic E-state index is 10.5. The van der Waals surface area contributed by atoms with Crippen LogP contribution < -0.4 is 0 Å². The molecule has 0 bridgehead atoms. The molecule has 0 amide bonds. The van der Waals surface area contributed by atoms with Gasteiger partial charge in [-0.1, -0.05) is 42.5 Å². The Labute approximate surface area is 93.6 Å². The SMILES string of the molecule is O=[N+]([O-])c1ccc(CC=C2C=CC=C2)cc1. The van der Waals surface area contributed by atoms with Crippen molar-refractivity contribution in [3.63, 3.8) is 0 Å². The van der Waals surface area contributed by atoms with E-state index in [1.165, 1.54) is 17.7 Å². The average molecular weight is 213 g/mol. The van der Waals surface area contributed by atoms with Crippen LogP contribution in [0.2, 0.25) is 0 Å². The van der Waals surface area contributed by atoms with Gasteiger partial charge < -0.3 is 0 Å². The minimum atomic E-state index is -0.384. The summed E-state index contributed by atoms with van der Waals surface area (Å²) >= 11 is 0. The van der Waals surface area contributed by atoms with E-state index in [2.05, 4.69) is 6.08 Å². The number of nitro benzene ring substituents is 1. The molecule has 2 rings (SSSR count). The lowest BCUT2D eigenvalue weighted by molar-refractivity contribution is -0.384. The highest BCUT2D eigenvalue weighted by molar-refractivity contribution is 5.41. The first kappa shape index (κ1) is 10.4. The van der Waals surface area contributed by atoms with Gasteiger partial charge in [-0.2, -0.15) is 0 Å². The molecular formula is C13H11NO2. The van der Waals surface area contributed by atoms with Gasteiger partial charge >= 0.3 is 0 Å². The Morgan fingerprint density at radius 1 is 1.12 bits per heavy atom. The molecule has 0 saturated heterocycles. The Kier molecular flexibility index (Phi) is 2.96. The molecule has 0 saturated carbocycles. The van der Waals surface area contributed by atoms with E-state index in [1.807, 2.05) is 24.3 Å². The van der Waals surface area contributed by atoms with E-state index in [4.69, 9.17) is 0 Å². The third-order valence-electron chi connectivity index (χ3n) is 2.41. The molecule has 0 N–H and O–H groups in total. The molecule has 1 aliphatic carbocycles. The maximum atomic E-state index is 10.5. The molecule has 80 valence electrons. The van der Waals surface area contributed by atoms with E-state index < -0.39 is 0 Å². The number of nitro groups is 1. The van der Waals surface area contributed by atoms with Crippen molar-refractivity contribution in [2.24, 2.45) is 0 Å². The van der Waals surface area contributed by atoms with Crippen molar-refractivity contribution in [1.82, 2.24) is 0 Å². The Morgan fingerprint density at radius 3 is 2.31 bits per heavy atom. The summed E-state index contributed by atoms with van der Waals surface area (Å²) in [6.45, 7) is 0. The monoisotopic (exact) mass is 213 g/mol. The van der Waals surface area contributed by atoms with E-state index in [-0.39, 0.29) is 10.6 Å². The molecule has 0 aliphatic heterocycles. The topological polar surface area (TPSA) is 43.1 Å². The van der Waals surface area contributed by atoms with Crippen LogP contribution in [0.5, 0.6) is 0 Å². The first-order valence-corrected chi connectivity index (χ1v) is 5.04. The van der Waals surface area contributed by atoms with Crippen LogP contribution >= 0.6 is 0 Å². The van der Waals surface area contributed by atoms with Crippen LogP contribution in [0.1, 0.15) is 5.56 Å². The number of nitrogens with zero attached hydrogens (tertiary/aromatic N) is 1. The molecule has 3 nitrogen and oxygen atoms in total. The molecule has 0 radical (unpaired) electrons. The molecule has 1 aliphatic rings. The molecule has 0 spiro atoms. The highest BCUT2D eigenvalue weighted by Crippen LogP contribution is 2.14. The first-order valence-electron chi connectivity index (χ1n) is 5.04. The fourth-order valence-corrected chi connectivity index (χ4v) is 1.51. The lowest BCUT2D eigenvalue weighted by Gasteiger charge is -1.97. The van der Waals surface area contributed by atoms with E-state index >= 15 is 0 Å². The Hall–Kier alpha value is -2.16. The van der Waals surface area contributed by atoms with Gasteiger partial charge in [0.2, 0.25) is 0 Å². The fraction of sp³-hybridized carbons (Fsp3) is 0.0769. The van der Waals surface area contributed by atoms with Crippen LogP contribution in [-0.4, -0.2) is 4.92 Å². The second-order valence-electron chi connectivity index (χ2n) is 3.55. The number of hydrogen-bond donors (Lipinski definition) is 0. The van der Waals surface area contributed by atoms with E-state index in [9.17, 15) is 10.1 Å². The number of non-ortho nitro benzene ring substituents is 1. The zero-order valence-corrected chi connectivity index (χ0v) is 8.67. The zero-order valence-electron chi connectivity index (χ0n) is 8.67. The maximum Gasteiger partial charge on any atom is 0.269 e. The minimum absolute atomic E-state index is 0.136. The summed E-state index contributed by atoms with van der Waals surface area (Å²) in [4.78, 5) is 10.1. The van der Waals surface area contributed by atoms with Gasteiger partial charge in [0.1, 0.15) is 0 Å². The molecular weight excluding hydrogens is 202 g/mol. The van der Waals surface area contributed by atoms with Crippen LogP contribution in [0.3, 0.4) is 0 Å². The molecule has 1 aromatic rings. The van der Waals surface area contributed by atoms with E-state index in [0.29, 0.717) is 0 Å². The Bertz CT molecular complexity index is 467. The van der Waals surface area contributed by atoms with Gasteiger partial charge in [0.25, 0.3) is 5.69 Å². The van der Waals surface area contributed by atoms with Gasteiger partial charge in [0.05, 0.1) is 4.92 Å². The number of benzene rings is 1. The van der Waals surface area contributed by atoms with Crippen molar-refractivity contribution in [2.45, 2.75) is 6.42 Å².